The molecule has 1 aromatic rings. The van der Waals surface area contributed by atoms with Crippen LogP contribution in [0.25, 0.3) is 0 Å². The van der Waals surface area contributed by atoms with Gasteiger partial charge < -0.3 is 10.1 Å². The molecule has 0 aliphatic rings. The van der Waals surface area contributed by atoms with Crippen molar-refractivity contribution in [1.82, 2.24) is 9.97 Å². The van der Waals surface area contributed by atoms with E-state index < -0.39 is 5.82 Å². The summed E-state index contributed by atoms with van der Waals surface area (Å²) in [6.07, 6.45) is 1.20. The normalized spacial score (nSPS) is 10.6. The topological polar surface area (TPSA) is 85.1 Å². The average Bonchev–Trinajstić information content (AvgIpc) is 2.26. The molecule has 7 heteroatoms. The van der Waals surface area contributed by atoms with Gasteiger partial charge in [0, 0.05) is 6.54 Å². The van der Waals surface area contributed by atoms with Crippen molar-refractivity contribution in [3.8, 4) is 0 Å². The first-order chi connectivity index (χ1) is 7.63. The maximum atomic E-state index is 13.2. The molecule has 6 nitrogen and oxygen atoms in total. The Morgan fingerprint density at radius 2 is 2.31 bits per heavy atom. The third kappa shape index (κ3) is 3.95. The number of anilines is 2. The Morgan fingerprint density at radius 3 is 2.94 bits per heavy atom. The van der Waals surface area contributed by atoms with Crippen LogP contribution >= 0.6 is 0 Å². The number of nitrogens with one attached hydrogen (secondary N) is 2. The minimum Gasteiger partial charge on any atom is -0.377 e. The summed E-state index contributed by atoms with van der Waals surface area (Å²) in [4.78, 5) is 7.44. The Balaban J connectivity index is 2.46. The minimum atomic E-state index is -0.524. The maximum Gasteiger partial charge on any atom is 0.239 e. The molecule has 0 aliphatic carbocycles. The number of nitrogens with two attached hydrogens (primary N) is 1. The molecule has 1 aromatic heterocycles. The maximum absolute atomic E-state index is 13.2. The lowest BCUT2D eigenvalue weighted by atomic mass is 10.5. The Kier molecular flexibility index (Phi) is 4.87. The molecular formula is C9H16FN5O. The fourth-order valence-corrected chi connectivity index (χ4v) is 1.02. The highest BCUT2D eigenvalue weighted by Crippen LogP contribution is 2.10. The van der Waals surface area contributed by atoms with Gasteiger partial charge >= 0.3 is 0 Å². The first-order valence-electron chi connectivity index (χ1n) is 4.98. The first-order valence-corrected chi connectivity index (χ1v) is 4.98. The van der Waals surface area contributed by atoms with Crippen LogP contribution in [-0.4, -0.2) is 29.2 Å². The van der Waals surface area contributed by atoms with E-state index in [-0.39, 0.29) is 17.9 Å². The second-order valence-corrected chi connectivity index (χ2v) is 3.38. The molecule has 0 unspecified atom stereocenters. The fourth-order valence-electron chi connectivity index (χ4n) is 1.02. The molecule has 0 fully saturated rings. The lowest BCUT2D eigenvalue weighted by Crippen LogP contribution is -2.16. The quantitative estimate of drug-likeness (QED) is 0.379. The van der Waals surface area contributed by atoms with E-state index in [2.05, 4.69) is 20.7 Å². The van der Waals surface area contributed by atoms with Crippen molar-refractivity contribution < 1.29 is 9.13 Å². The number of hydrazine groups is 1. The van der Waals surface area contributed by atoms with Gasteiger partial charge in [-0.3, -0.25) is 5.43 Å². The van der Waals surface area contributed by atoms with Crippen LogP contribution in [-0.2, 0) is 4.74 Å². The highest BCUT2D eigenvalue weighted by Gasteiger charge is 2.05. The lowest BCUT2D eigenvalue weighted by Gasteiger charge is -2.09. The van der Waals surface area contributed by atoms with Gasteiger partial charge in [0.1, 0.15) is 0 Å². The molecule has 90 valence electrons. The van der Waals surface area contributed by atoms with Crippen molar-refractivity contribution in [3.05, 3.63) is 12.0 Å². The molecule has 0 saturated carbocycles. The lowest BCUT2D eigenvalue weighted by molar-refractivity contribution is 0.0870. The number of ether oxygens (including phenoxy) is 1. The van der Waals surface area contributed by atoms with Gasteiger partial charge in [-0.1, -0.05) is 0 Å². The van der Waals surface area contributed by atoms with E-state index in [4.69, 9.17) is 10.6 Å². The summed E-state index contributed by atoms with van der Waals surface area (Å²) in [7, 11) is 0. The summed E-state index contributed by atoms with van der Waals surface area (Å²) in [6.45, 7) is 4.81. The summed E-state index contributed by atoms with van der Waals surface area (Å²) in [5.74, 6) is 4.86. The monoisotopic (exact) mass is 229 g/mol. The molecule has 1 rings (SSSR count). The van der Waals surface area contributed by atoms with Gasteiger partial charge in [0.25, 0.3) is 0 Å². The summed E-state index contributed by atoms with van der Waals surface area (Å²) >= 11 is 0. The van der Waals surface area contributed by atoms with Gasteiger partial charge in [-0.15, -0.1) is 0 Å². The molecule has 0 radical (unpaired) electrons. The smallest absolute Gasteiger partial charge is 0.239 e. The molecule has 0 aromatic carbocycles. The molecule has 0 atom stereocenters. The van der Waals surface area contributed by atoms with Crippen LogP contribution < -0.4 is 16.6 Å². The van der Waals surface area contributed by atoms with Gasteiger partial charge in [-0.05, 0) is 13.8 Å². The molecule has 1 heterocycles. The fraction of sp³-hybridized carbons (Fsp3) is 0.556. The van der Waals surface area contributed by atoms with E-state index in [0.29, 0.717) is 13.2 Å². The highest BCUT2D eigenvalue weighted by molar-refractivity contribution is 5.40. The van der Waals surface area contributed by atoms with Gasteiger partial charge in [0.15, 0.2) is 11.6 Å². The Hall–Kier alpha value is -1.47. The summed E-state index contributed by atoms with van der Waals surface area (Å²) in [5.41, 5.74) is 2.24. The number of nitrogens with zero attached hydrogens (tertiary/aromatic N) is 2. The van der Waals surface area contributed by atoms with Crippen LogP contribution in [0.15, 0.2) is 6.20 Å². The van der Waals surface area contributed by atoms with Crippen LogP contribution in [0.1, 0.15) is 13.8 Å². The van der Waals surface area contributed by atoms with Crippen molar-refractivity contribution in [1.29, 1.82) is 0 Å². The van der Waals surface area contributed by atoms with Crippen molar-refractivity contribution in [2.24, 2.45) is 5.84 Å². The molecule has 16 heavy (non-hydrogen) atoms. The molecular weight excluding hydrogens is 213 g/mol. The van der Waals surface area contributed by atoms with Crippen LogP contribution in [0.2, 0.25) is 0 Å². The largest absolute Gasteiger partial charge is 0.377 e. The molecule has 0 spiro atoms. The highest BCUT2D eigenvalue weighted by atomic mass is 19.1. The van der Waals surface area contributed by atoms with E-state index in [1.54, 1.807) is 0 Å². The van der Waals surface area contributed by atoms with Gasteiger partial charge in [0.2, 0.25) is 5.95 Å². The van der Waals surface area contributed by atoms with Crippen molar-refractivity contribution in [2.45, 2.75) is 20.0 Å². The summed E-state index contributed by atoms with van der Waals surface area (Å²) in [6, 6.07) is 0. The number of hydrogen-bond donors (Lipinski definition) is 3. The van der Waals surface area contributed by atoms with Crippen molar-refractivity contribution in [2.75, 3.05) is 23.9 Å². The van der Waals surface area contributed by atoms with Gasteiger partial charge in [-0.25, -0.2) is 15.2 Å². The van der Waals surface area contributed by atoms with Crippen LogP contribution in [0.5, 0.6) is 0 Å². The third-order valence-corrected chi connectivity index (χ3v) is 1.72. The zero-order valence-corrected chi connectivity index (χ0v) is 9.33. The number of aromatic nitrogens is 2. The molecule has 0 saturated heterocycles. The molecule has 0 aliphatic heterocycles. The van der Waals surface area contributed by atoms with Gasteiger partial charge in [-0.2, -0.15) is 4.98 Å². The second kappa shape index (κ2) is 6.19. The number of rotatable bonds is 6. The van der Waals surface area contributed by atoms with E-state index in [9.17, 15) is 4.39 Å². The number of hydrogen-bond acceptors (Lipinski definition) is 6. The standard InChI is InChI=1S/C9H16FN5O/c1-6(2)16-4-3-12-8-7(10)5-13-9(14-8)15-11/h5-6H,3-4,11H2,1-2H3,(H2,12,13,14,15). The number of halogens is 1. The van der Waals surface area contributed by atoms with E-state index >= 15 is 0 Å². The van der Waals surface area contributed by atoms with Crippen LogP contribution in [0.3, 0.4) is 0 Å². The zero-order valence-electron chi connectivity index (χ0n) is 9.33. The average molecular weight is 229 g/mol. The summed E-state index contributed by atoms with van der Waals surface area (Å²) in [5, 5.41) is 2.80. The van der Waals surface area contributed by atoms with Crippen molar-refractivity contribution >= 4 is 11.8 Å². The Morgan fingerprint density at radius 1 is 1.56 bits per heavy atom. The SMILES string of the molecule is CC(C)OCCNc1nc(NN)ncc1F. The van der Waals surface area contributed by atoms with Crippen molar-refractivity contribution in [3.63, 3.8) is 0 Å². The van der Waals surface area contributed by atoms with Crippen LogP contribution in [0.4, 0.5) is 16.2 Å². The third-order valence-electron chi connectivity index (χ3n) is 1.72. The first kappa shape index (κ1) is 12.6. The predicted octanol–water partition coefficient (Wildman–Crippen LogP) is 0.738. The number of nitrogen functional groups attached to an aromatic ring is 1. The predicted molar refractivity (Wildman–Crippen MR) is 59.4 cm³/mol. The Labute approximate surface area is 93.4 Å². The molecule has 0 amide bonds. The Bertz CT molecular complexity index is 334. The van der Waals surface area contributed by atoms with Gasteiger partial charge in [0.05, 0.1) is 18.9 Å². The summed E-state index contributed by atoms with van der Waals surface area (Å²) < 4.78 is 18.5. The minimum absolute atomic E-state index is 0.107. The van der Waals surface area contributed by atoms with Crippen LogP contribution in [0, 0.1) is 5.82 Å². The molecule has 4 N–H and O–H groups in total. The molecule has 0 bridgehead atoms. The van der Waals surface area contributed by atoms with E-state index in [0.717, 1.165) is 6.20 Å². The van der Waals surface area contributed by atoms with E-state index in [1.165, 1.54) is 0 Å². The second-order valence-electron chi connectivity index (χ2n) is 3.38. The van der Waals surface area contributed by atoms with E-state index in [1.807, 2.05) is 13.8 Å². The zero-order chi connectivity index (χ0) is 12.0.